The van der Waals surface area contributed by atoms with E-state index in [0.29, 0.717) is 24.9 Å². The molecule has 0 aromatic carbocycles. The zero-order chi connectivity index (χ0) is 23.4. The van der Waals surface area contributed by atoms with E-state index in [1.165, 1.54) is 6.20 Å². The van der Waals surface area contributed by atoms with E-state index in [2.05, 4.69) is 20.9 Å². The molecule has 0 aliphatic carbocycles. The lowest BCUT2D eigenvalue weighted by molar-refractivity contribution is -0.140. The predicted octanol–water partition coefficient (Wildman–Crippen LogP) is 0.361. The normalized spacial score (nSPS) is 12.3. The van der Waals surface area contributed by atoms with Crippen molar-refractivity contribution < 1.29 is 39.3 Å². The number of amides is 3. The standard InChI is InChI=1S/C19H26N4O8/c1-11-5-6-12(10-21-11)16(26)20-9-3-2-4-13(17(27)28)22-19(31)23-14(18(29)30)7-8-15(24)25/h5-6,10,13-14H,2-4,7-9H2,1H3,(H,20,26)(H,24,25)(H,27,28)(H,29,30)(H2,22,23,31)/t13-,14-/m0/s1. The summed E-state index contributed by atoms with van der Waals surface area (Å²) in [5.74, 6) is -4.26. The Morgan fingerprint density at radius 1 is 0.935 bits per heavy atom. The monoisotopic (exact) mass is 438 g/mol. The molecule has 0 spiro atoms. The van der Waals surface area contributed by atoms with Crippen LogP contribution in [-0.2, 0) is 14.4 Å². The van der Waals surface area contributed by atoms with Crippen LogP contribution in [0, 0.1) is 6.92 Å². The number of rotatable bonds is 13. The first kappa shape index (κ1) is 25.3. The highest BCUT2D eigenvalue weighted by Gasteiger charge is 2.24. The Labute approximate surface area is 178 Å². The molecule has 0 radical (unpaired) electrons. The SMILES string of the molecule is Cc1ccc(C(=O)NCCCC[C@H](NC(=O)N[C@@H](CCC(=O)O)C(=O)O)C(=O)O)cn1. The second kappa shape index (κ2) is 12.8. The molecule has 3 amide bonds. The maximum Gasteiger partial charge on any atom is 0.326 e. The molecule has 0 aliphatic heterocycles. The van der Waals surface area contributed by atoms with Gasteiger partial charge in [-0.05, 0) is 44.7 Å². The van der Waals surface area contributed by atoms with Crippen molar-refractivity contribution in [3.8, 4) is 0 Å². The highest BCUT2D eigenvalue weighted by Crippen LogP contribution is 2.04. The van der Waals surface area contributed by atoms with Gasteiger partial charge in [-0.2, -0.15) is 0 Å². The fourth-order valence-corrected chi connectivity index (χ4v) is 2.52. The van der Waals surface area contributed by atoms with Crippen molar-refractivity contribution in [3.05, 3.63) is 29.6 Å². The van der Waals surface area contributed by atoms with Gasteiger partial charge in [0.15, 0.2) is 0 Å². The Hall–Kier alpha value is -3.70. The zero-order valence-electron chi connectivity index (χ0n) is 17.0. The van der Waals surface area contributed by atoms with Crippen LogP contribution >= 0.6 is 0 Å². The molecule has 0 saturated carbocycles. The number of urea groups is 1. The van der Waals surface area contributed by atoms with E-state index in [9.17, 15) is 29.1 Å². The summed E-state index contributed by atoms with van der Waals surface area (Å²) < 4.78 is 0. The first-order valence-corrected chi connectivity index (χ1v) is 9.55. The van der Waals surface area contributed by atoms with Gasteiger partial charge in [0.1, 0.15) is 12.1 Å². The van der Waals surface area contributed by atoms with Gasteiger partial charge < -0.3 is 31.3 Å². The average molecular weight is 438 g/mol. The zero-order valence-corrected chi connectivity index (χ0v) is 17.0. The Morgan fingerprint density at radius 2 is 1.55 bits per heavy atom. The highest BCUT2D eigenvalue weighted by atomic mass is 16.4. The number of carbonyl (C=O) groups excluding carboxylic acids is 2. The van der Waals surface area contributed by atoms with Crippen LogP contribution in [0.1, 0.15) is 48.2 Å². The first-order chi connectivity index (χ1) is 14.6. The summed E-state index contributed by atoms with van der Waals surface area (Å²) in [5.41, 5.74) is 1.19. The van der Waals surface area contributed by atoms with E-state index < -0.39 is 42.4 Å². The number of hydrogen-bond donors (Lipinski definition) is 6. The fourth-order valence-electron chi connectivity index (χ4n) is 2.52. The van der Waals surface area contributed by atoms with Gasteiger partial charge in [-0.25, -0.2) is 14.4 Å². The predicted molar refractivity (Wildman–Crippen MR) is 107 cm³/mol. The number of carbonyl (C=O) groups is 5. The van der Waals surface area contributed by atoms with Gasteiger partial charge in [-0.1, -0.05) is 0 Å². The summed E-state index contributed by atoms with van der Waals surface area (Å²) in [6, 6.07) is -0.408. The lowest BCUT2D eigenvalue weighted by Gasteiger charge is -2.18. The number of aromatic nitrogens is 1. The lowest BCUT2D eigenvalue weighted by atomic mass is 10.1. The molecule has 0 saturated heterocycles. The van der Waals surface area contributed by atoms with Crippen LogP contribution in [0.3, 0.4) is 0 Å². The Kier molecular flexibility index (Phi) is 10.4. The number of aryl methyl sites for hydroxylation is 1. The van der Waals surface area contributed by atoms with Crippen molar-refractivity contribution in [2.45, 2.75) is 51.1 Å². The third-order valence-electron chi connectivity index (χ3n) is 4.23. The van der Waals surface area contributed by atoms with Crippen LogP contribution in [0.4, 0.5) is 4.79 Å². The summed E-state index contributed by atoms with van der Waals surface area (Å²) in [4.78, 5) is 60.9. The minimum atomic E-state index is -1.46. The number of carboxylic acids is 3. The quantitative estimate of drug-likeness (QED) is 0.236. The number of unbranched alkanes of at least 4 members (excludes halogenated alkanes) is 1. The maximum atomic E-state index is 12.0. The fraction of sp³-hybridized carbons (Fsp3) is 0.474. The van der Waals surface area contributed by atoms with Crippen LogP contribution < -0.4 is 16.0 Å². The molecule has 1 aromatic rings. The Bertz CT molecular complexity index is 797. The second-order valence-corrected chi connectivity index (χ2v) is 6.77. The maximum absolute atomic E-state index is 12.0. The van der Waals surface area contributed by atoms with Crippen molar-refractivity contribution in [1.29, 1.82) is 0 Å². The minimum absolute atomic E-state index is 0.0531. The van der Waals surface area contributed by atoms with Gasteiger partial charge in [-0.3, -0.25) is 14.6 Å². The van der Waals surface area contributed by atoms with Crippen LogP contribution in [0.15, 0.2) is 18.3 Å². The van der Waals surface area contributed by atoms with Gasteiger partial charge in [-0.15, -0.1) is 0 Å². The molecule has 0 unspecified atom stereocenters. The van der Waals surface area contributed by atoms with Gasteiger partial charge in [0.2, 0.25) is 0 Å². The molecule has 12 heteroatoms. The molecule has 12 nitrogen and oxygen atoms in total. The number of aliphatic carboxylic acids is 3. The molecule has 31 heavy (non-hydrogen) atoms. The Morgan fingerprint density at radius 3 is 2.06 bits per heavy atom. The van der Waals surface area contributed by atoms with Crippen LogP contribution in [0.2, 0.25) is 0 Å². The van der Waals surface area contributed by atoms with Crippen molar-refractivity contribution in [1.82, 2.24) is 20.9 Å². The van der Waals surface area contributed by atoms with Crippen molar-refractivity contribution >= 4 is 29.8 Å². The van der Waals surface area contributed by atoms with Gasteiger partial charge in [0.25, 0.3) is 5.91 Å². The van der Waals surface area contributed by atoms with Gasteiger partial charge >= 0.3 is 23.9 Å². The molecule has 1 rings (SSSR count). The summed E-state index contributed by atoms with van der Waals surface area (Å²) >= 11 is 0. The minimum Gasteiger partial charge on any atom is -0.481 e. The topological polar surface area (TPSA) is 195 Å². The number of pyridine rings is 1. The summed E-state index contributed by atoms with van der Waals surface area (Å²) in [6.45, 7) is 2.09. The lowest BCUT2D eigenvalue weighted by Crippen LogP contribution is -2.51. The smallest absolute Gasteiger partial charge is 0.326 e. The molecule has 1 aromatic heterocycles. The van der Waals surface area contributed by atoms with E-state index in [0.717, 1.165) is 5.69 Å². The third-order valence-corrected chi connectivity index (χ3v) is 4.23. The molecule has 2 atom stereocenters. The number of carboxylic acid groups (broad SMARTS) is 3. The molecule has 0 bridgehead atoms. The first-order valence-electron chi connectivity index (χ1n) is 9.55. The summed E-state index contributed by atoms with van der Waals surface area (Å²) in [5, 5.41) is 33.8. The van der Waals surface area contributed by atoms with Gasteiger partial charge in [0, 0.05) is 24.9 Å². The van der Waals surface area contributed by atoms with Crippen LogP contribution in [0.25, 0.3) is 0 Å². The number of nitrogens with one attached hydrogen (secondary N) is 3. The van der Waals surface area contributed by atoms with E-state index >= 15 is 0 Å². The van der Waals surface area contributed by atoms with E-state index in [4.69, 9.17) is 10.2 Å². The molecule has 0 aliphatic rings. The van der Waals surface area contributed by atoms with Crippen LogP contribution in [0.5, 0.6) is 0 Å². The number of hydrogen-bond acceptors (Lipinski definition) is 6. The molecule has 170 valence electrons. The van der Waals surface area contributed by atoms with Crippen LogP contribution in [-0.4, -0.2) is 68.8 Å². The van der Waals surface area contributed by atoms with E-state index in [1.807, 2.05) is 0 Å². The second-order valence-electron chi connectivity index (χ2n) is 6.77. The summed E-state index contributed by atoms with van der Waals surface area (Å²) in [7, 11) is 0. The van der Waals surface area contributed by atoms with E-state index in [-0.39, 0.29) is 18.7 Å². The van der Waals surface area contributed by atoms with Crippen molar-refractivity contribution in [2.75, 3.05) is 6.54 Å². The molecule has 1 heterocycles. The summed E-state index contributed by atoms with van der Waals surface area (Å²) in [6.07, 6.45) is 1.52. The van der Waals surface area contributed by atoms with Gasteiger partial charge in [0.05, 0.1) is 5.56 Å². The highest BCUT2D eigenvalue weighted by molar-refractivity contribution is 5.93. The van der Waals surface area contributed by atoms with E-state index in [1.54, 1.807) is 19.1 Å². The third kappa shape index (κ3) is 10.1. The van der Waals surface area contributed by atoms with Crippen molar-refractivity contribution in [3.63, 3.8) is 0 Å². The largest absolute Gasteiger partial charge is 0.481 e. The molecular formula is C19H26N4O8. The molecule has 0 fully saturated rings. The molecular weight excluding hydrogens is 412 g/mol. The Balaban J connectivity index is 2.41. The molecule has 6 N–H and O–H groups in total. The average Bonchev–Trinajstić information content (AvgIpc) is 2.69. The van der Waals surface area contributed by atoms with Crippen molar-refractivity contribution in [2.24, 2.45) is 0 Å². The number of nitrogens with zero attached hydrogens (tertiary/aromatic N) is 1.